The molecule has 0 aromatic rings. The smallest absolute Gasteiger partial charge is 0.320 e. The molecule has 4 saturated heterocycles. The molecule has 30 heteroatoms. The van der Waals surface area contributed by atoms with Gasteiger partial charge in [0.1, 0.15) is 97.5 Å². The van der Waals surface area contributed by atoms with Crippen molar-refractivity contribution in [2.75, 3.05) is 65.7 Å². The Kier molecular flexibility index (Phi) is 25.3. The number of aliphatic hydroxyl groups is 14. The molecule has 4 aliphatic heterocycles. The molecule has 420 valence electrons. The van der Waals surface area contributed by atoms with Gasteiger partial charge in [0.05, 0.1) is 39.5 Å². The Bertz CT molecular complexity index is 1600. The van der Waals surface area contributed by atoms with Crippen LogP contribution in [-0.2, 0) is 47.6 Å². The van der Waals surface area contributed by atoms with Crippen molar-refractivity contribution >= 4 is 23.8 Å². The van der Waals surface area contributed by atoms with E-state index in [1.165, 1.54) is 0 Å². The predicted molar refractivity (Wildman–Crippen MR) is 236 cm³/mol. The number of aliphatic hydroxyl groups excluding tert-OH is 12. The van der Waals surface area contributed by atoms with Gasteiger partial charge in [0.25, 0.3) is 0 Å². The van der Waals surface area contributed by atoms with Crippen molar-refractivity contribution in [3.63, 3.8) is 0 Å². The molecule has 0 aromatic heterocycles. The molecule has 4 heterocycles. The first-order valence-corrected chi connectivity index (χ1v) is 23.6. The average Bonchev–Trinajstić information content (AvgIpc) is 3.59. The van der Waals surface area contributed by atoms with Gasteiger partial charge in [0, 0.05) is 39.0 Å². The molecule has 0 spiro atoms. The second-order valence-electron chi connectivity index (χ2n) is 17.6. The SMILES string of the molecule is CCN(CC)C(=O)CC[C@H](NCC1(O)OC[C@@H](O)C(O[C@H]2O[C@H](CO)[C@@H](O)[C@H](O)[C@H]2O)[C@@H]1O)C(=O)O.CCN(CC)C(=O)CC[C@H](NCC1(O)O[C@H](CO)C(O[C@H]2O[C@H](CO)[C@@H](O)[C@H](O)[C@H]2O)[C@@H]1O)C(=O)O. The van der Waals surface area contributed by atoms with Gasteiger partial charge in [-0.2, -0.15) is 0 Å². The van der Waals surface area contributed by atoms with Gasteiger partial charge in [0.15, 0.2) is 12.6 Å². The van der Waals surface area contributed by atoms with Gasteiger partial charge in [-0.3, -0.25) is 29.8 Å². The van der Waals surface area contributed by atoms with Crippen molar-refractivity contribution in [1.29, 1.82) is 0 Å². The minimum atomic E-state index is -2.45. The third-order valence-corrected chi connectivity index (χ3v) is 12.9. The number of rotatable bonds is 25. The van der Waals surface area contributed by atoms with E-state index in [1.807, 2.05) is 0 Å². The monoisotopic (exact) mass is 1050 g/mol. The molecular weight excluding hydrogens is 976 g/mol. The highest BCUT2D eigenvalue weighted by atomic mass is 16.7. The summed E-state index contributed by atoms with van der Waals surface area (Å²) in [7, 11) is 0. The van der Waals surface area contributed by atoms with E-state index in [-0.39, 0.29) is 37.5 Å². The van der Waals surface area contributed by atoms with Crippen molar-refractivity contribution in [2.45, 2.75) is 175 Å². The van der Waals surface area contributed by atoms with Crippen LogP contribution in [0.2, 0.25) is 0 Å². The fraction of sp³-hybridized carbons (Fsp3) is 0.905. The Morgan fingerprint density at radius 3 is 1.32 bits per heavy atom. The minimum absolute atomic E-state index is 0.0738. The highest BCUT2D eigenvalue weighted by Gasteiger charge is 2.57. The summed E-state index contributed by atoms with van der Waals surface area (Å²) in [5.74, 6) is -7.97. The number of amides is 2. The topological polar surface area (TPSA) is 478 Å². The van der Waals surface area contributed by atoms with Crippen molar-refractivity contribution in [3.8, 4) is 0 Å². The Balaban J connectivity index is 0.000000380. The number of carbonyl (C=O) groups excluding carboxylic acids is 2. The van der Waals surface area contributed by atoms with Crippen molar-refractivity contribution in [1.82, 2.24) is 20.4 Å². The lowest BCUT2D eigenvalue weighted by Crippen LogP contribution is -2.68. The van der Waals surface area contributed by atoms with E-state index in [1.54, 1.807) is 37.5 Å². The molecule has 20 atom stereocenters. The van der Waals surface area contributed by atoms with E-state index in [2.05, 4.69) is 10.6 Å². The zero-order chi connectivity index (χ0) is 54.4. The van der Waals surface area contributed by atoms with Crippen LogP contribution in [-0.4, -0.2) is 303 Å². The molecule has 0 saturated carbocycles. The van der Waals surface area contributed by atoms with Crippen LogP contribution in [0.5, 0.6) is 0 Å². The standard InChI is InChI=1S/2C21H38N2O13/c1-3-23(4-2)13(26)6-5-10(19(31)32)22-9-21(33)18(30)17(11(25)8-34-21)36-20-16(29)15(28)14(27)12(7-24)35-20;1-3-23(4-2)13(26)6-5-10(19(31)32)22-9-21(33)18(30)17(12(8-25)36-21)35-20-16(29)15(28)14(27)11(7-24)34-20/h2*10-12,14-18,20,22,24-25,27-30,33H,3-9H2,1-2H3,(H,31,32)/t2*10-,11+,12+,14+,15-,16+,17?,18-,20+,21?/m00/s1. The minimum Gasteiger partial charge on any atom is -0.480 e. The molecule has 0 radical (unpaired) electrons. The van der Waals surface area contributed by atoms with Gasteiger partial charge in [-0.25, -0.2) is 0 Å². The van der Waals surface area contributed by atoms with Crippen molar-refractivity contribution < 1.29 is 129 Å². The second kappa shape index (κ2) is 28.8. The molecule has 4 fully saturated rings. The van der Waals surface area contributed by atoms with E-state index in [0.29, 0.717) is 26.2 Å². The normalized spacial score (nSPS) is 37.8. The lowest BCUT2D eigenvalue weighted by molar-refractivity contribution is -0.367. The summed E-state index contributed by atoms with van der Waals surface area (Å²) in [5.41, 5.74) is 0. The van der Waals surface area contributed by atoms with Gasteiger partial charge in [-0.05, 0) is 40.5 Å². The van der Waals surface area contributed by atoms with Gasteiger partial charge in [-0.15, -0.1) is 0 Å². The maximum atomic E-state index is 12.2. The molecule has 0 aliphatic carbocycles. The van der Waals surface area contributed by atoms with E-state index in [0.717, 1.165) is 0 Å². The Hall–Kier alpha value is -3.00. The number of aliphatic carboxylic acids is 2. The molecular formula is C42H76N4O26. The van der Waals surface area contributed by atoms with Crippen LogP contribution in [0.3, 0.4) is 0 Å². The fourth-order valence-corrected chi connectivity index (χ4v) is 8.34. The molecule has 4 unspecified atom stereocenters. The zero-order valence-corrected chi connectivity index (χ0v) is 40.4. The van der Waals surface area contributed by atoms with Crippen molar-refractivity contribution in [2.24, 2.45) is 0 Å². The van der Waals surface area contributed by atoms with E-state index < -0.39 is 173 Å². The molecule has 30 nitrogen and oxygen atoms in total. The summed E-state index contributed by atoms with van der Waals surface area (Å²) < 4.78 is 31.8. The number of carbonyl (C=O) groups is 4. The highest BCUT2D eigenvalue weighted by molar-refractivity contribution is 5.79. The lowest BCUT2D eigenvalue weighted by Gasteiger charge is -2.47. The Morgan fingerprint density at radius 1 is 0.569 bits per heavy atom. The van der Waals surface area contributed by atoms with E-state index in [9.17, 15) is 101 Å². The molecule has 0 aromatic carbocycles. The van der Waals surface area contributed by atoms with Crippen LogP contribution >= 0.6 is 0 Å². The third-order valence-electron chi connectivity index (χ3n) is 12.9. The number of hydrogen-bond donors (Lipinski definition) is 18. The van der Waals surface area contributed by atoms with E-state index in [4.69, 9.17) is 28.4 Å². The number of ether oxygens (including phenoxy) is 6. The van der Waals surface area contributed by atoms with Gasteiger partial charge < -0.3 is 120 Å². The van der Waals surface area contributed by atoms with Crippen LogP contribution in [0.1, 0.15) is 53.4 Å². The lowest BCUT2D eigenvalue weighted by atomic mass is 9.95. The average molecular weight is 1050 g/mol. The van der Waals surface area contributed by atoms with Gasteiger partial charge in [-0.1, -0.05) is 0 Å². The third kappa shape index (κ3) is 15.8. The zero-order valence-electron chi connectivity index (χ0n) is 40.4. The Morgan fingerprint density at radius 2 is 0.944 bits per heavy atom. The largest absolute Gasteiger partial charge is 0.480 e. The highest BCUT2D eigenvalue weighted by Crippen LogP contribution is 2.35. The van der Waals surface area contributed by atoms with Crippen LogP contribution in [0.25, 0.3) is 0 Å². The van der Waals surface area contributed by atoms with Gasteiger partial charge in [0.2, 0.25) is 23.4 Å². The van der Waals surface area contributed by atoms with Crippen molar-refractivity contribution in [3.05, 3.63) is 0 Å². The van der Waals surface area contributed by atoms with Gasteiger partial charge >= 0.3 is 11.9 Å². The quantitative estimate of drug-likeness (QED) is 0.0404. The van der Waals surface area contributed by atoms with Crippen LogP contribution in [0.4, 0.5) is 0 Å². The second-order valence-corrected chi connectivity index (χ2v) is 17.6. The van der Waals surface area contributed by atoms with E-state index >= 15 is 0 Å². The summed E-state index contributed by atoms with van der Waals surface area (Å²) in [4.78, 5) is 50.8. The molecule has 4 aliphatic rings. The van der Waals surface area contributed by atoms with Crippen LogP contribution in [0.15, 0.2) is 0 Å². The molecule has 4 rings (SSSR count). The van der Waals surface area contributed by atoms with Crippen LogP contribution in [0, 0.1) is 0 Å². The first kappa shape index (κ1) is 63.3. The molecule has 72 heavy (non-hydrogen) atoms. The number of nitrogens with one attached hydrogen (secondary N) is 2. The number of carboxylic acid groups (broad SMARTS) is 2. The Labute approximate surface area is 413 Å². The molecule has 2 amide bonds. The summed E-state index contributed by atoms with van der Waals surface area (Å²) in [5, 5.41) is 166. The predicted octanol–water partition coefficient (Wildman–Crippen LogP) is -9.39. The number of nitrogens with zero attached hydrogens (tertiary/aromatic N) is 2. The fourth-order valence-electron chi connectivity index (χ4n) is 8.34. The summed E-state index contributed by atoms with van der Waals surface area (Å²) in [6.45, 7) is 5.02. The first-order valence-electron chi connectivity index (χ1n) is 23.6. The molecule has 0 bridgehead atoms. The van der Waals surface area contributed by atoms with Crippen LogP contribution < -0.4 is 10.6 Å². The number of hydrogen-bond acceptors (Lipinski definition) is 26. The summed E-state index contributed by atoms with van der Waals surface area (Å²) >= 11 is 0. The maximum absolute atomic E-state index is 12.2. The first-order chi connectivity index (χ1) is 33.8. The number of carboxylic acids is 2. The molecule has 18 N–H and O–H groups in total. The summed E-state index contributed by atoms with van der Waals surface area (Å²) in [6, 6.07) is -2.55. The summed E-state index contributed by atoms with van der Waals surface area (Å²) in [6.07, 6.45) is -26.7. The maximum Gasteiger partial charge on any atom is 0.320 e.